The highest BCUT2D eigenvalue weighted by atomic mass is 35.5. The number of aromatic amines is 1. The molecule has 0 bridgehead atoms. The number of hydrogen-bond donors (Lipinski definition) is 2. The number of carbonyl (C=O) groups is 1. The highest BCUT2D eigenvalue weighted by Crippen LogP contribution is 2.29. The summed E-state index contributed by atoms with van der Waals surface area (Å²) in [5.41, 5.74) is 0.634. The number of carbonyl (C=O) groups excluding carboxylic acids is 1. The van der Waals surface area contributed by atoms with Crippen molar-refractivity contribution in [1.82, 2.24) is 15.3 Å². The summed E-state index contributed by atoms with van der Waals surface area (Å²) in [5.74, 6) is 0.598. The van der Waals surface area contributed by atoms with Crippen molar-refractivity contribution in [2.75, 3.05) is 19.1 Å². The van der Waals surface area contributed by atoms with Crippen molar-refractivity contribution in [2.45, 2.75) is 38.3 Å². The Labute approximate surface area is 169 Å². The Kier molecular flexibility index (Phi) is 6.70. The van der Waals surface area contributed by atoms with Crippen LogP contribution >= 0.6 is 11.6 Å². The molecule has 1 atom stereocenters. The number of nitrogens with one attached hydrogen (secondary N) is 2. The van der Waals surface area contributed by atoms with Crippen LogP contribution in [0.1, 0.15) is 42.5 Å². The number of hydrogen-bond acceptors (Lipinski definition) is 5. The van der Waals surface area contributed by atoms with Crippen molar-refractivity contribution in [3.8, 4) is 0 Å². The molecular formula is C20H25ClN4O3. The van der Waals surface area contributed by atoms with Gasteiger partial charge in [-0.2, -0.15) is 0 Å². The average molecular weight is 405 g/mol. The van der Waals surface area contributed by atoms with E-state index in [4.69, 9.17) is 16.3 Å². The minimum Gasteiger partial charge on any atom is -0.361 e. The number of halogens is 1. The Hall–Kier alpha value is -2.38. The van der Waals surface area contributed by atoms with Gasteiger partial charge in [0, 0.05) is 32.0 Å². The molecule has 1 fully saturated rings. The largest absolute Gasteiger partial charge is 0.361 e. The number of anilines is 2. The molecule has 3 rings (SSSR count). The smallest absolute Gasteiger partial charge is 0.346 e. The summed E-state index contributed by atoms with van der Waals surface area (Å²) in [6.07, 6.45) is 6.74. The van der Waals surface area contributed by atoms with Crippen LogP contribution in [0.15, 0.2) is 35.3 Å². The average Bonchev–Trinajstić information content (AvgIpc) is 2.72. The summed E-state index contributed by atoms with van der Waals surface area (Å²) in [6.45, 7) is 0. The van der Waals surface area contributed by atoms with E-state index in [0.29, 0.717) is 28.0 Å². The van der Waals surface area contributed by atoms with Gasteiger partial charge in [-0.15, -0.1) is 0 Å². The van der Waals surface area contributed by atoms with Crippen LogP contribution in [0.5, 0.6) is 0 Å². The van der Waals surface area contributed by atoms with Crippen molar-refractivity contribution < 1.29 is 9.53 Å². The zero-order valence-electron chi connectivity index (χ0n) is 16.1. The first-order chi connectivity index (χ1) is 13.5. The second kappa shape index (κ2) is 9.21. The Morgan fingerprint density at radius 1 is 1.32 bits per heavy atom. The maximum absolute atomic E-state index is 12.9. The molecule has 2 N–H and O–H groups in total. The third-order valence-electron chi connectivity index (χ3n) is 5.21. The lowest BCUT2D eigenvalue weighted by atomic mass is 9.88. The third-order valence-corrected chi connectivity index (χ3v) is 5.54. The van der Waals surface area contributed by atoms with Gasteiger partial charge in [0.2, 0.25) is 0 Å². The topological polar surface area (TPSA) is 87.3 Å². The summed E-state index contributed by atoms with van der Waals surface area (Å²) in [5, 5.41) is 3.33. The van der Waals surface area contributed by atoms with Gasteiger partial charge in [-0.3, -0.25) is 9.78 Å². The van der Waals surface area contributed by atoms with E-state index in [1.807, 2.05) is 0 Å². The van der Waals surface area contributed by atoms with Crippen LogP contribution in [-0.4, -0.2) is 36.3 Å². The predicted molar refractivity (Wildman–Crippen MR) is 109 cm³/mol. The number of H-pyrrole nitrogens is 1. The molecule has 150 valence electrons. The predicted octanol–water partition coefficient (Wildman–Crippen LogP) is 3.47. The molecule has 1 aromatic carbocycles. The van der Waals surface area contributed by atoms with Crippen LogP contribution in [0.3, 0.4) is 0 Å². The van der Waals surface area contributed by atoms with Crippen molar-refractivity contribution >= 4 is 29.0 Å². The summed E-state index contributed by atoms with van der Waals surface area (Å²) in [7, 11) is 3.40. The molecule has 2 aromatic rings. The van der Waals surface area contributed by atoms with Gasteiger partial charge in [-0.25, -0.2) is 9.78 Å². The SMILES string of the molecule is COC(NC(=O)c1cc(N(C)c2ccnc(=O)[nH]2)ccc1Cl)C1CCCCC1. The van der Waals surface area contributed by atoms with Gasteiger partial charge in [0.25, 0.3) is 5.91 Å². The number of methoxy groups -OCH3 is 1. The van der Waals surface area contributed by atoms with E-state index in [1.165, 1.54) is 12.6 Å². The van der Waals surface area contributed by atoms with Gasteiger partial charge in [-0.1, -0.05) is 30.9 Å². The maximum Gasteiger partial charge on any atom is 0.346 e. The molecule has 28 heavy (non-hydrogen) atoms. The summed E-state index contributed by atoms with van der Waals surface area (Å²) in [4.78, 5) is 32.4. The molecular weight excluding hydrogens is 380 g/mol. The number of nitrogens with zero attached hydrogens (tertiary/aromatic N) is 2. The quantitative estimate of drug-likeness (QED) is 0.720. The van der Waals surface area contributed by atoms with E-state index in [0.717, 1.165) is 25.7 Å². The molecule has 8 heteroatoms. The minimum absolute atomic E-state index is 0.277. The Morgan fingerprint density at radius 3 is 2.75 bits per heavy atom. The third kappa shape index (κ3) is 4.72. The minimum atomic E-state index is -0.438. The van der Waals surface area contributed by atoms with E-state index in [-0.39, 0.29) is 12.1 Å². The van der Waals surface area contributed by atoms with Crippen LogP contribution in [0, 0.1) is 5.92 Å². The van der Waals surface area contributed by atoms with E-state index in [9.17, 15) is 9.59 Å². The molecule has 0 saturated heterocycles. The van der Waals surface area contributed by atoms with Crippen LogP contribution in [0.2, 0.25) is 5.02 Å². The van der Waals surface area contributed by atoms with Crippen LogP contribution in [0.4, 0.5) is 11.5 Å². The molecule has 1 aliphatic rings. The van der Waals surface area contributed by atoms with Crippen LogP contribution in [-0.2, 0) is 4.74 Å². The first-order valence-electron chi connectivity index (χ1n) is 9.42. The first kappa shape index (κ1) is 20.4. The van der Waals surface area contributed by atoms with E-state index in [1.54, 1.807) is 43.3 Å². The molecule has 1 saturated carbocycles. The fourth-order valence-corrected chi connectivity index (χ4v) is 3.81. The van der Waals surface area contributed by atoms with E-state index >= 15 is 0 Å². The molecule has 0 aliphatic heterocycles. The highest BCUT2D eigenvalue weighted by molar-refractivity contribution is 6.34. The molecule has 1 aromatic heterocycles. The van der Waals surface area contributed by atoms with Crippen molar-refractivity contribution in [3.63, 3.8) is 0 Å². The van der Waals surface area contributed by atoms with Gasteiger partial charge < -0.3 is 15.0 Å². The lowest BCUT2D eigenvalue weighted by Crippen LogP contribution is -2.42. The molecule has 0 spiro atoms. The Bertz CT molecular complexity index is 880. The number of benzene rings is 1. The summed E-state index contributed by atoms with van der Waals surface area (Å²) >= 11 is 6.29. The fourth-order valence-electron chi connectivity index (χ4n) is 3.60. The van der Waals surface area contributed by atoms with Crippen molar-refractivity contribution in [3.05, 3.63) is 51.5 Å². The maximum atomic E-state index is 12.9. The zero-order valence-corrected chi connectivity index (χ0v) is 16.8. The van der Waals surface area contributed by atoms with Crippen molar-refractivity contribution in [1.29, 1.82) is 0 Å². The van der Waals surface area contributed by atoms with E-state index in [2.05, 4.69) is 15.3 Å². The second-order valence-electron chi connectivity index (χ2n) is 7.01. The highest BCUT2D eigenvalue weighted by Gasteiger charge is 2.26. The normalized spacial score (nSPS) is 15.8. The lowest BCUT2D eigenvalue weighted by Gasteiger charge is -2.30. The molecule has 0 radical (unpaired) electrons. The Balaban J connectivity index is 1.80. The number of ether oxygens (including phenoxy) is 1. The van der Waals surface area contributed by atoms with Crippen molar-refractivity contribution in [2.24, 2.45) is 5.92 Å². The lowest BCUT2D eigenvalue weighted by molar-refractivity contribution is 0.0122. The second-order valence-corrected chi connectivity index (χ2v) is 7.42. The molecule has 7 nitrogen and oxygen atoms in total. The zero-order chi connectivity index (χ0) is 20.1. The number of aromatic nitrogens is 2. The molecule has 1 unspecified atom stereocenters. The monoisotopic (exact) mass is 404 g/mol. The molecule has 1 amide bonds. The van der Waals surface area contributed by atoms with Gasteiger partial charge in [0.05, 0.1) is 10.6 Å². The molecule has 1 aliphatic carbocycles. The van der Waals surface area contributed by atoms with Crippen LogP contribution < -0.4 is 15.9 Å². The first-order valence-corrected chi connectivity index (χ1v) is 9.79. The van der Waals surface area contributed by atoms with Gasteiger partial charge >= 0.3 is 5.69 Å². The van der Waals surface area contributed by atoms with Gasteiger partial charge in [0.1, 0.15) is 12.0 Å². The summed E-state index contributed by atoms with van der Waals surface area (Å²) in [6, 6.07) is 6.83. The number of amides is 1. The van der Waals surface area contributed by atoms with Gasteiger partial charge in [0.15, 0.2) is 0 Å². The van der Waals surface area contributed by atoms with Crippen LogP contribution in [0.25, 0.3) is 0 Å². The fraction of sp³-hybridized carbons (Fsp3) is 0.450. The molecule has 1 heterocycles. The summed E-state index contributed by atoms with van der Waals surface area (Å²) < 4.78 is 5.55. The van der Waals surface area contributed by atoms with E-state index < -0.39 is 5.69 Å². The standard InChI is InChI=1S/C20H25ClN4O3/c1-25(17-10-11-22-20(27)23-17)14-8-9-16(21)15(12-14)18(26)24-19(28-2)13-6-4-3-5-7-13/h8-13,19H,3-7H2,1-2H3,(H,24,26)(H,22,23,27). The van der Waals surface area contributed by atoms with Gasteiger partial charge in [-0.05, 0) is 37.1 Å². The Morgan fingerprint density at radius 2 is 2.07 bits per heavy atom. The number of rotatable bonds is 6.